The maximum atomic E-state index is 5.78. The molecule has 7 heteroatoms. The number of aryl methyl sites for hydroxylation is 1. The van der Waals surface area contributed by atoms with Crippen LogP contribution in [-0.4, -0.2) is 56.1 Å². The first-order chi connectivity index (χ1) is 9.63. The van der Waals surface area contributed by atoms with E-state index in [1.54, 1.807) is 6.33 Å². The lowest BCUT2D eigenvalue weighted by Gasteiger charge is -2.23. The second kappa shape index (κ2) is 6.90. The molecule has 0 spiro atoms. The largest absolute Gasteiger partial charge is 0.382 e. The van der Waals surface area contributed by atoms with Crippen LogP contribution in [0.3, 0.4) is 0 Å². The lowest BCUT2D eigenvalue weighted by Crippen LogP contribution is -2.32. The molecule has 2 aromatic rings. The fourth-order valence-electron chi connectivity index (χ4n) is 2.14. The van der Waals surface area contributed by atoms with Gasteiger partial charge in [0.05, 0.1) is 6.33 Å². The van der Waals surface area contributed by atoms with Gasteiger partial charge in [0.25, 0.3) is 0 Å². The molecule has 0 fully saturated rings. The highest BCUT2D eigenvalue weighted by Crippen LogP contribution is 2.14. The molecule has 0 bridgehead atoms. The van der Waals surface area contributed by atoms with E-state index in [1.807, 2.05) is 16.3 Å². The van der Waals surface area contributed by atoms with Crippen molar-refractivity contribution in [1.29, 1.82) is 0 Å². The smallest absolute Gasteiger partial charge is 0.165 e. The summed E-state index contributed by atoms with van der Waals surface area (Å²) in [6, 6.07) is 0.600. The summed E-state index contributed by atoms with van der Waals surface area (Å²) in [5.41, 5.74) is 7.29. The highest BCUT2D eigenvalue weighted by atomic mass is 32.2. The number of aromatic nitrogens is 4. The highest BCUT2D eigenvalue weighted by Gasteiger charge is 2.10. The Bertz CT molecular complexity index is 555. The highest BCUT2D eigenvalue weighted by molar-refractivity contribution is 7.98. The monoisotopic (exact) mass is 294 g/mol. The number of nitrogens with zero attached hydrogens (tertiary/aromatic N) is 5. The molecule has 0 aromatic carbocycles. The van der Waals surface area contributed by atoms with Crippen molar-refractivity contribution in [1.82, 2.24) is 24.4 Å². The van der Waals surface area contributed by atoms with Gasteiger partial charge < -0.3 is 15.2 Å². The molecule has 0 aliphatic carbocycles. The SMILES string of the molecule is CSCC(C)N(C)CCCn1cnc2c(N)ncnc21. The molecule has 2 N–H and O–H groups in total. The van der Waals surface area contributed by atoms with Gasteiger partial charge in [-0.2, -0.15) is 11.8 Å². The van der Waals surface area contributed by atoms with Crippen molar-refractivity contribution in [3.8, 4) is 0 Å². The second-order valence-electron chi connectivity index (χ2n) is 5.01. The van der Waals surface area contributed by atoms with Gasteiger partial charge in [0, 0.05) is 18.3 Å². The average molecular weight is 294 g/mol. The Hall–Kier alpha value is -1.34. The minimum Gasteiger partial charge on any atom is -0.382 e. The van der Waals surface area contributed by atoms with Gasteiger partial charge in [-0.05, 0) is 33.2 Å². The van der Waals surface area contributed by atoms with Crippen LogP contribution in [-0.2, 0) is 6.54 Å². The Labute approximate surface area is 123 Å². The third-order valence-electron chi connectivity index (χ3n) is 3.50. The van der Waals surface area contributed by atoms with E-state index in [0.29, 0.717) is 17.4 Å². The summed E-state index contributed by atoms with van der Waals surface area (Å²) in [4.78, 5) is 14.9. The molecule has 2 rings (SSSR count). The summed E-state index contributed by atoms with van der Waals surface area (Å²) >= 11 is 1.89. The third-order valence-corrected chi connectivity index (χ3v) is 4.32. The molecule has 1 unspecified atom stereocenters. The fraction of sp³-hybridized carbons (Fsp3) is 0.615. The van der Waals surface area contributed by atoms with Crippen molar-refractivity contribution in [2.24, 2.45) is 0 Å². The number of anilines is 1. The Balaban J connectivity index is 1.92. The molecule has 20 heavy (non-hydrogen) atoms. The number of nitrogens with two attached hydrogens (primary N) is 1. The first kappa shape index (κ1) is 15.1. The number of thioether (sulfide) groups is 1. The Morgan fingerprint density at radius 1 is 1.40 bits per heavy atom. The second-order valence-corrected chi connectivity index (χ2v) is 5.92. The topological polar surface area (TPSA) is 72.9 Å². The Kier molecular flexibility index (Phi) is 5.19. The van der Waals surface area contributed by atoms with Crippen LogP contribution in [0.2, 0.25) is 0 Å². The normalized spacial score (nSPS) is 13.2. The zero-order valence-electron chi connectivity index (χ0n) is 12.3. The van der Waals surface area contributed by atoms with E-state index in [9.17, 15) is 0 Å². The van der Waals surface area contributed by atoms with Gasteiger partial charge in [-0.25, -0.2) is 15.0 Å². The van der Waals surface area contributed by atoms with Crippen molar-refractivity contribution in [3.63, 3.8) is 0 Å². The third kappa shape index (κ3) is 3.40. The average Bonchev–Trinajstić information content (AvgIpc) is 2.84. The lowest BCUT2D eigenvalue weighted by atomic mass is 10.3. The summed E-state index contributed by atoms with van der Waals surface area (Å²) in [6.45, 7) is 4.21. The minimum absolute atomic E-state index is 0.444. The number of imidazole rings is 1. The van der Waals surface area contributed by atoms with Crippen molar-refractivity contribution in [2.45, 2.75) is 25.9 Å². The van der Waals surface area contributed by atoms with Crippen molar-refractivity contribution >= 4 is 28.7 Å². The van der Waals surface area contributed by atoms with Crippen LogP contribution in [0.1, 0.15) is 13.3 Å². The van der Waals surface area contributed by atoms with Gasteiger partial charge in [-0.3, -0.25) is 0 Å². The van der Waals surface area contributed by atoms with E-state index in [4.69, 9.17) is 5.73 Å². The Morgan fingerprint density at radius 2 is 2.20 bits per heavy atom. The molecule has 2 aromatic heterocycles. The van der Waals surface area contributed by atoms with Crippen LogP contribution in [0.25, 0.3) is 11.2 Å². The Morgan fingerprint density at radius 3 is 2.95 bits per heavy atom. The van der Waals surface area contributed by atoms with E-state index in [2.05, 4.69) is 40.1 Å². The van der Waals surface area contributed by atoms with Gasteiger partial charge >= 0.3 is 0 Å². The van der Waals surface area contributed by atoms with E-state index in [0.717, 1.165) is 30.9 Å². The molecule has 110 valence electrons. The molecular weight excluding hydrogens is 272 g/mol. The van der Waals surface area contributed by atoms with Crippen LogP contribution in [0, 0.1) is 0 Å². The number of nitrogen functional groups attached to an aromatic ring is 1. The van der Waals surface area contributed by atoms with Crippen LogP contribution >= 0.6 is 11.8 Å². The van der Waals surface area contributed by atoms with Gasteiger partial charge in [-0.15, -0.1) is 0 Å². The fourth-order valence-corrected chi connectivity index (χ4v) is 2.88. The van der Waals surface area contributed by atoms with Gasteiger partial charge in [0.1, 0.15) is 11.8 Å². The summed E-state index contributed by atoms with van der Waals surface area (Å²) in [6.07, 6.45) is 6.49. The molecular formula is C13H22N6S. The van der Waals surface area contributed by atoms with Crippen molar-refractivity contribution in [3.05, 3.63) is 12.7 Å². The maximum absolute atomic E-state index is 5.78. The molecule has 0 amide bonds. The van der Waals surface area contributed by atoms with Crippen molar-refractivity contribution in [2.75, 3.05) is 31.3 Å². The van der Waals surface area contributed by atoms with E-state index in [1.165, 1.54) is 6.33 Å². The molecule has 2 heterocycles. The minimum atomic E-state index is 0.444. The lowest BCUT2D eigenvalue weighted by molar-refractivity contribution is 0.269. The van der Waals surface area contributed by atoms with Crippen molar-refractivity contribution < 1.29 is 0 Å². The number of hydrogen-bond donors (Lipinski definition) is 1. The zero-order valence-corrected chi connectivity index (χ0v) is 13.1. The van der Waals surface area contributed by atoms with Gasteiger partial charge in [0.15, 0.2) is 11.5 Å². The summed E-state index contributed by atoms with van der Waals surface area (Å²) in [7, 11) is 2.17. The van der Waals surface area contributed by atoms with Crippen LogP contribution in [0.5, 0.6) is 0 Å². The molecule has 0 aliphatic heterocycles. The first-order valence-electron chi connectivity index (χ1n) is 6.74. The number of hydrogen-bond acceptors (Lipinski definition) is 6. The molecule has 0 saturated heterocycles. The molecule has 1 atom stereocenters. The standard InChI is InChI=1S/C13H22N6S/c1-10(7-20-3)18(2)5-4-6-19-9-17-11-12(14)15-8-16-13(11)19/h8-10H,4-7H2,1-3H3,(H2,14,15,16). The van der Waals surface area contributed by atoms with Crippen LogP contribution in [0.15, 0.2) is 12.7 Å². The van der Waals surface area contributed by atoms with Crippen LogP contribution in [0.4, 0.5) is 5.82 Å². The number of fused-ring (bicyclic) bond motifs is 1. The van der Waals surface area contributed by atoms with E-state index in [-0.39, 0.29) is 0 Å². The van der Waals surface area contributed by atoms with Crippen LogP contribution < -0.4 is 5.73 Å². The van der Waals surface area contributed by atoms with E-state index >= 15 is 0 Å². The molecule has 0 radical (unpaired) electrons. The first-order valence-corrected chi connectivity index (χ1v) is 8.13. The maximum Gasteiger partial charge on any atom is 0.165 e. The summed E-state index contributed by atoms with van der Waals surface area (Å²) < 4.78 is 2.04. The molecule has 0 saturated carbocycles. The predicted octanol–water partition coefficient (Wildman–Crippen LogP) is 1.48. The molecule has 0 aliphatic rings. The zero-order chi connectivity index (χ0) is 14.5. The quantitative estimate of drug-likeness (QED) is 0.834. The summed E-state index contributed by atoms with van der Waals surface area (Å²) in [5, 5.41) is 0. The molecule has 6 nitrogen and oxygen atoms in total. The van der Waals surface area contributed by atoms with Gasteiger partial charge in [0.2, 0.25) is 0 Å². The van der Waals surface area contributed by atoms with Gasteiger partial charge in [-0.1, -0.05) is 0 Å². The summed E-state index contributed by atoms with van der Waals surface area (Å²) in [5.74, 6) is 1.60. The number of rotatable bonds is 7. The van der Waals surface area contributed by atoms with E-state index < -0.39 is 0 Å². The predicted molar refractivity (Wildman–Crippen MR) is 84.8 cm³/mol.